The first-order valence-corrected chi connectivity index (χ1v) is 7.42. The Morgan fingerprint density at radius 2 is 1.90 bits per heavy atom. The first-order valence-electron chi connectivity index (χ1n) is 6.89. The number of anilines is 1. The molecule has 5 heteroatoms. The standard InChI is InChI=1S/C15H19ClF3N/c1-20(10-11-4-2-3-5-11)13-7-6-12(9-16)14(8-13)15(17,18)19/h6-8,11H,2-5,9-10H2,1H3. The van der Waals surface area contributed by atoms with Crippen molar-refractivity contribution in [1.82, 2.24) is 0 Å². The summed E-state index contributed by atoms with van der Waals surface area (Å²) in [4.78, 5) is 1.92. The zero-order valence-electron chi connectivity index (χ0n) is 11.5. The van der Waals surface area contributed by atoms with Crippen molar-refractivity contribution < 1.29 is 13.2 Å². The molecule has 0 heterocycles. The number of hydrogen-bond donors (Lipinski definition) is 0. The molecule has 1 aliphatic rings. The second-order valence-corrected chi connectivity index (χ2v) is 5.77. The molecule has 0 spiro atoms. The normalized spacial score (nSPS) is 16.6. The van der Waals surface area contributed by atoms with E-state index in [4.69, 9.17) is 11.6 Å². The van der Waals surface area contributed by atoms with Crippen LogP contribution in [0.25, 0.3) is 0 Å². The fourth-order valence-corrected chi connectivity index (χ4v) is 3.10. The highest BCUT2D eigenvalue weighted by Crippen LogP contribution is 2.35. The van der Waals surface area contributed by atoms with Crippen molar-refractivity contribution in [3.8, 4) is 0 Å². The predicted octanol–water partition coefficient (Wildman–Crippen LogP) is 5.07. The van der Waals surface area contributed by atoms with Gasteiger partial charge in [-0.2, -0.15) is 13.2 Å². The summed E-state index contributed by atoms with van der Waals surface area (Å²) < 4.78 is 39.0. The van der Waals surface area contributed by atoms with Gasteiger partial charge in [0.05, 0.1) is 5.56 Å². The third kappa shape index (κ3) is 3.60. The zero-order valence-corrected chi connectivity index (χ0v) is 12.3. The maximum atomic E-state index is 13.0. The van der Waals surface area contributed by atoms with Gasteiger partial charge in [0, 0.05) is 25.2 Å². The smallest absolute Gasteiger partial charge is 0.374 e. The number of nitrogens with zero attached hydrogens (tertiary/aromatic N) is 1. The molecule has 0 saturated heterocycles. The Bertz CT molecular complexity index is 453. The van der Waals surface area contributed by atoms with E-state index in [-0.39, 0.29) is 11.4 Å². The number of rotatable bonds is 4. The molecule has 2 rings (SSSR count). The van der Waals surface area contributed by atoms with Crippen molar-refractivity contribution in [1.29, 1.82) is 0 Å². The molecule has 0 radical (unpaired) electrons. The quantitative estimate of drug-likeness (QED) is 0.702. The molecule has 0 amide bonds. The third-order valence-corrected chi connectivity index (χ3v) is 4.28. The van der Waals surface area contributed by atoms with Crippen LogP contribution in [0.4, 0.5) is 18.9 Å². The lowest BCUT2D eigenvalue weighted by Crippen LogP contribution is -2.24. The Morgan fingerprint density at radius 3 is 2.45 bits per heavy atom. The van der Waals surface area contributed by atoms with Gasteiger partial charge in [0.2, 0.25) is 0 Å². The topological polar surface area (TPSA) is 3.24 Å². The van der Waals surface area contributed by atoms with Gasteiger partial charge in [0.1, 0.15) is 0 Å². The summed E-state index contributed by atoms with van der Waals surface area (Å²) in [6.07, 6.45) is 0.468. The predicted molar refractivity (Wildman–Crippen MR) is 76.2 cm³/mol. The Hall–Kier alpha value is -0.900. The fourth-order valence-electron chi connectivity index (χ4n) is 2.87. The molecule has 1 saturated carbocycles. The van der Waals surface area contributed by atoms with E-state index in [1.165, 1.54) is 37.8 Å². The molecular formula is C15H19ClF3N. The lowest BCUT2D eigenvalue weighted by molar-refractivity contribution is -0.138. The van der Waals surface area contributed by atoms with E-state index in [0.29, 0.717) is 11.6 Å². The minimum atomic E-state index is -4.35. The minimum absolute atomic E-state index is 0.124. The fraction of sp³-hybridized carbons (Fsp3) is 0.600. The van der Waals surface area contributed by atoms with Gasteiger partial charge in [-0.05, 0) is 36.5 Å². The van der Waals surface area contributed by atoms with Crippen LogP contribution in [0.15, 0.2) is 18.2 Å². The van der Waals surface area contributed by atoms with E-state index in [0.717, 1.165) is 6.54 Å². The van der Waals surface area contributed by atoms with E-state index in [9.17, 15) is 13.2 Å². The molecular weight excluding hydrogens is 287 g/mol. The molecule has 0 aromatic heterocycles. The SMILES string of the molecule is CN(CC1CCCC1)c1ccc(CCl)c(C(F)(F)F)c1. The van der Waals surface area contributed by atoms with Crippen LogP contribution in [0.1, 0.15) is 36.8 Å². The average Bonchev–Trinajstić information content (AvgIpc) is 2.89. The summed E-state index contributed by atoms with van der Waals surface area (Å²) in [5, 5.41) is 0. The Kier molecular flexibility index (Phi) is 4.84. The number of benzene rings is 1. The molecule has 0 atom stereocenters. The summed E-state index contributed by atoms with van der Waals surface area (Å²) in [5.74, 6) is 0.476. The van der Waals surface area contributed by atoms with Crippen molar-refractivity contribution in [3.63, 3.8) is 0 Å². The summed E-state index contributed by atoms with van der Waals surface area (Å²) >= 11 is 5.59. The molecule has 112 valence electrons. The molecule has 1 aromatic carbocycles. The lowest BCUT2D eigenvalue weighted by Gasteiger charge is -2.24. The van der Waals surface area contributed by atoms with E-state index in [2.05, 4.69) is 0 Å². The average molecular weight is 306 g/mol. The molecule has 1 aromatic rings. The van der Waals surface area contributed by atoms with Crippen molar-refractivity contribution in [2.45, 2.75) is 37.7 Å². The van der Waals surface area contributed by atoms with E-state index in [1.807, 2.05) is 11.9 Å². The van der Waals surface area contributed by atoms with Crippen LogP contribution in [0, 0.1) is 5.92 Å². The molecule has 1 fully saturated rings. The van der Waals surface area contributed by atoms with Gasteiger partial charge in [0.25, 0.3) is 0 Å². The highest BCUT2D eigenvalue weighted by atomic mass is 35.5. The maximum absolute atomic E-state index is 13.0. The van der Waals surface area contributed by atoms with Gasteiger partial charge in [-0.3, -0.25) is 0 Å². The van der Waals surface area contributed by atoms with Crippen molar-refractivity contribution >= 4 is 17.3 Å². The van der Waals surface area contributed by atoms with Crippen LogP contribution in [-0.2, 0) is 12.1 Å². The van der Waals surface area contributed by atoms with Gasteiger partial charge in [-0.1, -0.05) is 18.9 Å². The molecule has 20 heavy (non-hydrogen) atoms. The van der Waals surface area contributed by atoms with Gasteiger partial charge in [0.15, 0.2) is 0 Å². The minimum Gasteiger partial charge on any atom is -0.374 e. The molecule has 1 nitrogen and oxygen atoms in total. The van der Waals surface area contributed by atoms with Gasteiger partial charge < -0.3 is 4.90 Å². The summed E-state index contributed by atoms with van der Waals surface area (Å²) in [5.41, 5.74) is 0.124. The van der Waals surface area contributed by atoms with Crippen LogP contribution < -0.4 is 4.90 Å². The van der Waals surface area contributed by atoms with Crippen molar-refractivity contribution in [2.24, 2.45) is 5.92 Å². The van der Waals surface area contributed by atoms with Gasteiger partial charge >= 0.3 is 6.18 Å². The van der Waals surface area contributed by atoms with E-state index < -0.39 is 11.7 Å². The van der Waals surface area contributed by atoms with E-state index >= 15 is 0 Å². The zero-order chi connectivity index (χ0) is 14.8. The first-order chi connectivity index (χ1) is 9.41. The van der Waals surface area contributed by atoms with Crippen LogP contribution >= 0.6 is 11.6 Å². The Labute approximate surface area is 122 Å². The third-order valence-electron chi connectivity index (χ3n) is 3.99. The highest BCUT2D eigenvalue weighted by molar-refractivity contribution is 6.17. The lowest BCUT2D eigenvalue weighted by atomic mass is 10.0. The van der Waals surface area contributed by atoms with Crippen LogP contribution in [0.2, 0.25) is 0 Å². The Balaban J connectivity index is 2.19. The Morgan fingerprint density at radius 1 is 1.25 bits per heavy atom. The highest BCUT2D eigenvalue weighted by Gasteiger charge is 2.33. The maximum Gasteiger partial charge on any atom is 0.416 e. The summed E-state index contributed by atoms with van der Waals surface area (Å²) in [6.45, 7) is 0.817. The summed E-state index contributed by atoms with van der Waals surface area (Å²) in [7, 11) is 1.86. The number of hydrogen-bond acceptors (Lipinski definition) is 1. The van der Waals surface area contributed by atoms with E-state index in [1.54, 1.807) is 6.07 Å². The largest absolute Gasteiger partial charge is 0.416 e. The van der Waals surface area contributed by atoms with Crippen molar-refractivity contribution in [3.05, 3.63) is 29.3 Å². The molecule has 1 aliphatic carbocycles. The summed E-state index contributed by atoms with van der Waals surface area (Å²) in [6, 6.07) is 4.42. The number of alkyl halides is 4. The van der Waals surface area contributed by atoms with Crippen LogP contribution in [0.5, 0.6) is 0 Å². The monoisotopic (exact) mass is 305 g/mol. The molecule has 0 bridgehead atoms. The molecule has 0 aliphatic heterocycles. The van der Waals surface area contributed by atoms with Crippen LogP contribution in [0.3, 0.4) is 0 Å². The van der Waals surface area contributed by atoms with Gasteiger partial charge in [-0.15, -0.1) is 11.6 Å². The second kappa shape index (κ2) is 6.25. The van der Waals surface area contributed by atoms with Crippen LogP contribution in [-0.4, -0.2) is 13.6 Å². The number of halogens is 4. The first kappa shape index (κ1) is 15.5. The molecule has 0 unspecified atom stereocenters. The van der Waals surface area contributed by atoms with Gasteiger partial charge in [-0.25, -0.2) is 0 Å². The van der Waals surface area contributed by atoms with Crippen molar-refractivity contribution in [2.75, 3.05) is 18.5 Å². The molecule has 0 N–H and O–H groups in total. The second-order valence-electron chi connectivity index (χ2n) is 5.50.